The third kappa shape index (κ3) is 3.41. The van der Waals surface area contributed by atoms with Gasteiger partial charge in [0.25, 0.3) is 0 Å². The predicted octanol–water partition coefficient (Wildman–Crippen LogP) is 4.10. The smallest absolute Gasteiger partial charge is 0.191 e. The van der Waals surface area contributed by atoms with Crippen LogP contribution in [-0.4, -0.2) is 35.8 Å². The summed E-state index contributed by atoms with van der Waals surface area (Å²) in [6, 6.07) is 0. The van der Waals surface area contributed by atoms with E-state index in [0.717, 1.165) is 25.7 Å². The first-order chi connectivity index (χ1) is 12.3. The topological polar surface area (TPSA) is 55.8 Å². The van der Waals surface area contributed by atoms with Crippen molar-refractivity contribution in [3.63, 3.8) is 0 Å². The van der Waals surface area contributed by atoms with E-state index >= 15 is 0 Å². The molecule has 0 radical (unpaired) electrons. The Morgan fingerprint density at radius 1 is 1.46 bits per heavy atom. The Morgan fingerprint density at radius 2 is 2.19 bits per heavy atom. The zero-order valence-corrected chi connectivity index (χ0v) is 16.5. The van der Waals surface area contributed by atoms with E-state index in [4.69, 9.17) is 9.47 Å². The predicted molar refractivity (Wildman–Crippen MR) is 102 cm³/mol. The van der Waals surface area contributed by atoms with Gasteiger partial charge in [0.05, 0.1) is 0 Å². The summed E-state index contributed by atoms with van der Waals surface area (Å²) >= 11 is 0. The van der Waals surface area contributed by atoms with Gasteiger partial charge in [0.1, 0.15) is 23.6 Å². The molecule has 3 aliphatic rings. The molecule has 0 saturated heterocycles. The van der Waals surface area contributed by atoms with Crippen molar-refractivity contribution >= 4 is 5.78 Å². The number of ketones is 1. The number of hydrogen-bond acceptors (Lipinski definition) is 4. The molecule has 144 valence electrons. The summed E-state index contributed by atoms with van der Waals surface area (Å²) in [5.41, 5.74) is 2.92. The van der Waals surface area contributed by atoms with Crippen LogP contribution in [0.4, 0.5) is 0 Å². The van der Waals surface area contributed by atoms with Crippen molar-refractivity contribution in [2.24, 2.45) is 11.8 Å². The minimum atomic E-state index is -0.745. The Balaban J connectivity index is 1.80. The van der Waals surface area contributed by atoms with Crippen molar-refractivity contribution in [1.82, 2.24) is 0 Å². The van der Waals surface area contributed by atoms with Crippen LogP contribution in [0, 0.1) is 11.8 Å². The molecule has 1 N–H and O–H groups in total. The second-order valence-corrected chi connectivity index (χ2v) is 8.53. The average molecular weight is 360 g/mol. The van der Waals surface area contributed by atoms with Gasteiger partial charge in [-0.2, -0.15) is 0 Å². The molecular formula is C22H32O4. The number of aliphatic hydroxyl groups is 1. The molecule has 0 amide bonds. The Labute approximate surface area is 156 Å². The summed E-state index contributed by atoms with van der Waals surface area (Å²) in [7, 11) is 1.53. The van der Waals surface area contributed by atoms with Crippen LogP contribution in [0.25, 0.3) is 0 Å². The number of hydrogen-bond donors (Lipinski definition) is 1. The Hall–Kier alpha value is -1.39. The van der Waals surface area contributed by atoms with Crippen molar-refractivity contribution in [3.05, 3.63) is 35.1 Å². The SMILES string of the molecule is C=C(CCC=C(C)C)C1CCC2(C)OC3=C(CC12)C(=O)C(OC)CC3O. The third-order valence-corrected chi connectivity index (χ3v) is 6.44. The van der Waals surface area contributed by atoms with Crippen LogP contribution in [0.3, 0.4) is 0 Å². The normalized spacial score (nSPS) is 36.3. The number of fused-ring (bicyclic) bond motifs is 1. The zero-order valence-electron chi connectivity index (χ0n) is 16.5. The van der Waals surface area contributed by atoms with Gasteiger partial charge in [-0.15, -0.1) is 0 Å². The highest BCUT2D eigenvalue weighted by atomic mass is 16.5. The van der Waals surface area contributed by atoms with E-state index in [9.17, 15) is 9.90 Å². The summed E-state index contributed by atoms with van der Waals surface area (Å²) in [6.07, 6.45) is 5.86. The quantitative estimate of drug-likeness (QED) is 0.750. The number of aliphatic hydroxyl groups excluding tert-OH is 1. The zero-order chi connectivity index (χ0) is 19.1. The van der Waals surface area contributed by atoms with Gasteiger partial charge in [-0.25, -0.2) is 0 Å². The molecule has 0 aromatic rings. The van der Waals surface area contributed by atoms with E-state index in [1.54, 1.807) is 0 Å². The molecule has 0 bridgehead atoms. The lowest BCUT2D eigenvalue weighted by molar-refractivity contribution is -0.135. The molecule has 4 nitrogen and oxygen atoms in total. The summed E-state index contributed by atoms with van der Waals surface area (Å²) in [5.74, 6) is 1.09. The highest BCUT2D eigenvalue weighted by Gasteiger charge is 2.54. The summed E-state index contributed by atoms with van der Waals surface area (Å²) in [6.45, 7) is 10.7. The number of methoxy groups -OCH3 is 1. The van der Waals surface area contributed by atoms with Gasteiger partial charge in [0.2, 0.25) is 0 Å². The standard InChI is InChI=1S/C22H32O4/c1-13(2)7-6-8-14(3)15-9-10-22(4)17(15)11-16-20(24)19(25-5)12-18(23)21(16)26-22/h7,15,17-19,23H,3,6,8-12H2,1-2,4-5H3. The molecule has 1 fully saturated rings. The molecule has 0 aromatic carbocycles. The molecular weight excluding hydrogens is 328 g/mol. The number of rotatable bonds is 5. The molecule has 3 rings (SSSR count). The van der Waals surface area contributed by atoms with Gasteiger partial charge >= 0.3 is 0 Å². The molecule has 1 saturated carbocycles. The lowest BCUT2D eigenvalue weighted by atomic mass is 9.73. The number of carbonyl (C=O) groups excluding carboxylic acids is 1. The van der Waals surface area contributed by atoms with Crippen LogP contribution < -0.4 is 0 Å². The molecule has 0 spiro atoms. The van der Waals surface area contributed by atoms with E-state index in [2.05, 4.69) is 33.4 Å². The van der Waals surface area contributed by atoms with E-state index < -0.39 is 12.2 Å². The number of Topliss-reactive ketones (excluding diaryl/α,β-unsaturated/α-hetero) is 1. The molecule has 1 aliphatic heterocycles. The van der Waals surface area contributed by atoms with Crippen LogP contribution in [0.5, 0.6) is 0 Å². The monoisotopic (exact) mass is 360 g/mol. The molecule has 2 aliphatic carbocycles. The van der Waals surface area contributed by atoms with Crippen LogP contribution >= 0.6 is 0 Å². The van der Waals surface area contributed by atoms with Gasteiger partial charge in [-0.1, -0.05) is 23.8 Å². The van der Waals surface area contributed by atoms with E-state index in [1.807, 2.05) is 0 Å². The third-order valence-electron chi connectivity index (χ3n) is 6.44. The van der Waals surface area contributed by atoms with Gasteiger partial charge in [-0.3, -0.25) is 4.79 Å². The minimum absolute atomic E-state index is 0.0179. The minimum Gasteiger partial charge on any atom is -0.488 e. The first-order valence-corrected chi connectivity index (χ1v) is 9.75. The van der Waals surface area contributed by atoms with Crippen molar-refractivity contribution in [1.29, 1.82) is 0 Å². The van der Waals surface area contributed by atoms with Gasteiger partial charge < -0.3 is 14.6 Å². The second-order valence-electron chi connectivity index (χ2n) is 8.53. The molecule has 26 heavy (non-hydrogen) atoms. The fourth-order valence-electron chi connectivity index (χ4n) is 4.90. The summed E-state index contributed by atoms with van der Waals surface area (Å²) < 4.78 is 11.6. The van der Waals surface area contributed by atoms with Crippen LogP contribution in [0.15, 0.2) is 35.1 Å². The molecule has 4 heteroatoms. The highest BCUT2D eigenvalue weighted by molar-refractivity contribution is 6.00. The second kappa shape index (κ2) is 7.32. The van der Waals surface area contributed by atoms with Gasteiger partial charge in [-0.05, 0) is 58.8 Å². The van der Waals surface area contributed by atoms with E-state index in [1.165, 1.54) is 18.3 Å². The van der Waals surface area contributed by atoms with E-state index in [0.29, 0.717) is 23.7 Å². The molecule has 1 heterocycles. The van der Waals surface area contributed by atoms with Crippen molar-refractivity contribution in [2.45, 2.75) is 77.1 Å². The maximum Gasteiger partial charge on any atom is 0.191 e. The lowest BCUT2D eigenvalue weighted by Gasteiger charge is -2.44. The number of carbonyl (C=O) groups is 1. The number of ether oxygens (including phenoxy) is 2. The Bertz CT molecular complexity index is 655. The molecule has 5 unspecified atom stereocenters. The summed E-state index contributed by atoms with van der Waals surface area (Å²) in [5, 5.41) is 10.5. The highest BCUT2D eigenvalue weighted by Crippen LogP contribution is 2.54. The average Bonchev–Trinajstić information content (AvgIpc) is 2.92. The summed E-state index contributed by atoms with van der Waals surface area (Å²) in [4.78, 5) is 12.7. The van der Waals surface area contributed by atoms with Crippen molar-refractivity contribution in [3.8, 4) is 0 Å². The van der Waals surface area contributed by atoms with Crippen LogP contribution in [-0.2, 0) is 14.3 Å². The maximum absolute atomic E-state index is 12.7. The largest absolute Gasteiger partial charge is 0.488 e. The first-order valence-electron chi connectivity index (χ1n) is 9.75. The van der Waals surface area contributed by atoms with Gasteiger partial charge in [0, 0.05) is 25.0 Å². The fraction of sp³-hybridized carbons (Fsp3) is 0.682. The molecule has 5 atom stereocenters. The number of allylic oxidation sites excluding steroid dienone is 3. The van der Waals surface area contributed by atoms with Crippen molar-refractivity contribution < 1.29 is 19.4 Å². The molecule has 0 aromatic heterocycles. The van der Waals surface area contributed by atoms with E-state index in [-0.39, 0.29) is 23.7 Å². The van der Waals surface area contributed by atoms with Crippen LogP contribution in [0.2, 0.25) is 0 Å². The fourth-order valence-corrected chi connectivity index (χ4v) is 4.90. The maximum atomic E-state index is 12.7. The Kier molecular flexibility index (Phi) is 5.45. The lowest BCUT2D eigenvalue weighted by Crippen LogP contribution is -2.47. The van der Waals surface area contributed by atoms with Crippen LogP contribution in [0.1, 0.15) is 59.3 Å². The Morgan fingerprint density at radius 3 is 2.85 bits per heavy atom. The first kappa shape index (κ1) is 19.4. The van der Waals surface area contributed by atoms with Gasteiger partial charge in [0.15, 0.2) is 5.78 Å². The van der Waals surface area contributed by atoms with Crippen molar-refractivity contribution in [2.75, 3.05) is 7.11 Å².